The molecule has 4 nitrogen and oxygen atoms in total. The molecule has 0 fully saturated rings. The molecule has 0 radical (unpaired) electrons. The Kier molecular flexibility index (Phi) is 4.68. The van der Waals surface area contributed by atoms with Crippen molar-refractivity contribution in [2.45, 2.75) is 13.0 Å². The van der Waals surface area contributed by atoms with Crippen molar-refractivity contribution in [3.63, 3.8) is 0 Å². The summed E-state index contributed by atoms with van der Waals surface area (Å²) in [6.45, 7) is 1.29. The third kappa shape index (κ3) is 3.89. The van der Waals surface area contributed by atoms with Crippen molar-refractivity contribution in [1.29, 1.82) is 0 Å². The highest BCUT2D eigenvalue weighted by molar-refractivity contribution is 9.10. The molecule has 0 unspecified atom stereocenters. The smallest absolute Gasteiger partial charge is 0.252 e. The van der Waals surface area contributed by atoms with Crippen LogP contribution in [-0.4, -0.2) is 22.2 Å². The molecule has 1 N–H and O–H groups in total. The molecule has 2 aromatic rings. The molecule has 0 aliphatic heterocycles. The predicted octanol–water partition coefficient (Wildman–Crippen LogP) is 2.60. The van der Waals surface area contributed by atoms with Crippen molar-refractivity contribution in [3.8, 4) is 0 Å². The van der Waals surface area contributed by atoms with Gasteiger partial charge in [-0.15, -0.1) is 0 Å². The number of benzene rings is 1. The highest BCUT2D eigenvalue weighted by atomic mass is 79.9. The highest BCUT2D eigenvalue weighted by Gasteiger charge is 2.09. The summed E-state index contributed by atoms with van der Waals surface area (Å²) >= 11 is 3.17. The van der Waals surface area contributed by atoms with E-state index in [-0.39, 0.29) is 11.7 Å². The van der Waals surface area contributed by atoms with Crippen LogP contribution in [0.15, 0.2) is 41.1 Å². The topological polar surface area (TPSA) is 46.9 Å². The number of rotatable bonds is 5. The van der Waals surface area contributed by atoms with E-state index < -0.39 is 0 Å². The monoisotopic (exact) mass is 325 g/mol. The van der Waals surface area contributed by atoms with Crippen molar-refractivity contribution in [1.82, 2.24) is 15.1 Å². The van der Waals surface area contributed by atoms with Gasteiger partial charge < -0.3 is 5.32 Å². The Balaban J connectivity index is 1.81. The van der Waals surface area contributed by atoms with Gasteiger partial charge in [-0.2, -0.15) is 5.10 Å². The molecule has 0 aliphatic rings. The van der Waals surface area contributed by atoms with Crippen LogP contribution in [0.4, 0.5) is 4.39 Å². The molecule has 6 heteroatoms. The Morgan fingerprint density at radius 1 is 1.47 bits per heavy atom. The number of hydrogen-bond donors (Lipinski definition) is 1. The molecule has 1 aromatic heterocycles. The first kappa shape index (κ1) is 13.7. The minimum Gasteiger partial charge on any atom is -0.352 e. The van der Waals surface area contributed by atoms with Gasteiger partial charge in [-0.1, -0.05) is 0 Å². The third-order valence-corrected chi connectivity index (χ3v) is 3.24. The van der Waals surface area contributed by atoms with Crippen LogP contribution in [0.3, 0.4) is 0 Å². The summed E-state index contributed by atoms with van der Waals surface area (Å²) in [5.41, 5.74) is 0.431. The molecule has 2 rings (SSSR count). The molecule has 0 aliphatic carbocycles. The second kappa shape index (κ2) is 6.47. The van der Waals surface area contributed by atoms with Crippen LogP contribution in [-0.2, 0) is 6.54 Å². The third-order valence-electron chi connectivity index (χ3n) is 2.58. The van der Waals surface area contributed by atoms with Gasteiger partial charge in [0.05, 0.1) is 5.56 Å². The van der Waals surface area contributed by atoms with E-state index in [9.17, 15) is 9.18 Å². The number of carbonyl (C=O) groups is 1. The number of nitrogens with one attached hydrogen (secondary N) is 1. The van der Waals surface area contributed by atoms with E-state index in [2.05, 4.69) is 26.3 Å². The Morgan fingerprint density at radius 3 is 3.00 bits per heavy atom. The summed E-state index contributed by atoms with van der Waals surface area (Å²) in [6, 6.07) is 5.86. The van der Waals surface area contributed by atoms with E-state index in [1.165, 1.54) is 18.2 Å². The Morgan fingerprint density at radius 2 is 2.32 bits per heavy atom. The molecule has 1 heterocycles. The number of halogens is 2. The lowest BCUT2D eigenvalue weighted by molar-refractivity contribution is 0.0952. The van der Waals surface area contributed by atoms with Crippen molar-refractivity contribution in [2.75, 3.05) is 6.54 Å². The van der Waals surface area contributed by atoms with Gasteiger partial charge in [0, 0.05) is 30.0 Å². The summed E-state index contributed by atoms with van der Waals surface area (Å²) in [5.74, 6) is -0.588. The van der Waals surface area contributed by atoms with E-state index >= 15 is 0 Å². The minimum atomic E-state index is -0.373. The Hall–Kier alpha value is -1.69. The van der Waals surface area contributed by atoms with Crippen molar-refractivity contribution in [2.24, 2.45) is 0 Å². The fourth-order valence-corrected chi connectivity index (χ4v) is 2.18. The molecular weight excluding hydrogens is 313 g/mol. The van der Waals surface area contributed by atoms with Gasteiger partial charge in [0.1, 0.15) is 5.82 Å². The van der Waals surface area contributed by atoms with Crippen LogP contribution in [0.2, 0.25) is 0 Å². The van der Waals surface area contributed by atoms with E-state index in [0.29, 0.717) is 16.6 Å². The van der Waals surface area contributed by atoms with Crippen molar-refractivity contribution in [3.05, 3.63) is 52.5 Å². The molecule has 0 bridgehead atoms. The first-order chi connectivity index (χ1) is 9.16. The van der Waals surface area contributed by atoms with Crippen LogP contribution >= 0.6 is 15.9 Å². The van der Waals surface area contributed by atoms with Crippen LogP contribution in [0.25, 0.3) is 0 Å². The minimum absolute atomic E-state index is 0.215. The molecule has 0 saturated heterocycles. The lowest BCUT2D eigenvalue weighted by atomic mass is 10.2. The van der Waals surface area contributed by atoms with Gasteiger partial charge in [-0.3, -0.25) is 9.48 Å². The standard InChI is InChI=1S/C13H13BrFN3O/c14-12-9-10(15)3-4-11(12)13(19)16-5-1-7-18-8-2-6-17-18/h2-4,6,8-9H,1,5,7H2,(H,16,19). The second-order valence-corrected chi connectivity index (χ2v) is 4.86. The molecule has 1 amide bonds. The van der Waals surface area contributed by atoms with Crippen LogP contribution < -0.4 is 5.32 Å². The van der Waals surface area contributed by atoms with Gasteiger partial charge in [-0.25, -0.2) is 4.39 Å². The summed E-state index contributed by atoms with van der Waals surface area (Å²) in [7, 11) is 0. The molecule has 1 aromatic carbocycles. The van der Waals surface area contributed by atoms with Gasteiger partial charge in [0.15, 0.2) is 0 Å². The lowest BCUT2D eigenvalue weighted by Gasteiger charge is -2.07. The van der Waals surface area contributed by atoms with Crippen LogP contribution in [0.1, 0.15) is 16.8 Å². The van der Waals surface area contributed by atoms with Crippen LogP contribution in [0.5, 0.6) is 0 Å². The maximum Gasteiger partial charge on any atom is 0.252 e. The maximum absolute atomic E-state index is 12.9. The van der Waals surface area contributed by atoms with E-state index in [4.69, 9.17) is 0 Å². The van der Waals surface area contributed by atoms with Gasteiger partial charge >= 0.3 is 0 Å². The normalized spacial score (nSPS) is 10.4. The number of nitrogens with zero attached hydrogens (tertiary/aromatic N) is 2. The SMILES string of the molecule is O=C(NCCCn1cccn1)c1ccc(F)cc1Br. The fraction of sp³-hybridized carbons (Fsp3) is 0.231. The van der Waals surface area contributed by atoms with E-state index in [0.717, 1.165) is 13.0 Å². The maximum atomic E-state index is 12.9. The molecule has 0 atom stereocenters. The zero-order valence-electron chi connectivity index (χ0n) is 10.1. The lowest BCUT2D eigenvalue weighted by Crippen LogP contribution is -2.25. The molecule has 0 saturated carbocycles. The molecule has 100 valence electrons. The number of carbonyl (C=O) groups excluding carboxylic acids is 1. The fourth-order valence-electron chi connectivity index (χ4n) is 1.64. The summed E-state index contributed by atoms with van der Waals surface area (Å²) in [5, 5.41) is 6.86. The quantitative estimate of drug-likeness (QED) is 0.859. The first-order valence-electron chi connectivity index (χ1n) is 5.87. The van der Waals surface area contributed by atoms with Crippen molar-refractivity contribution < 1.29 is 9.18 Å². The van der Waals surface area contributed by atoms with Crippen LogP contribution in [0, 0.1) is 5.82 Å². The van der Waals surface area contributed by atoms with E-state index in [1.54, 1.807) is 10.9 Å². The zero-order chi connectivity index (χ0) is 13.7. The number of amides is 1. The van der Waals surface area contributed by atoms with Crippen molar-refractivity contribution >= 4 is 21.8 Å². The molecular formula is C13H13BrFN3O. The summed E-state index contributed by atoms with van der Waals surface area (Å²) < 4.78 is 15.2. The summed E-state index contributed by atoms with van der Waals surface area (Å²) in [4.78, 5) is 11.9. The largest absolute Gasteiger partial charge is 0.352 e. The second-order valence-electron chi connectivity index (χ2n) is 4.00. The van der Waals surface area contributed by atoms with Gasteiger partial charge in [-0.05, 0) is 46.6 Å². The Labute approximate surface area is 118 Å². The average molecular weight is 326 g/mol. The number of hydrogen-bond acceptors (Lipinski definition) is 2. The first-order valence-corrected chi connectivity index (χ1v) is 6.67. The number of aromatic nitrogens is 2. The van der Waals surface area contributed by atoms with Gasteiger partial charge in [0.25, 0.3) is 5.91 Å². The summed E-state index contributed by atoms with van der Waals surface area (Å²) in [6.07, 6.45) is 4.37. The predicted molar refractivity (Wildman–Crippen MR) is 73.3 cm³/mol. The number of aryl methyl sites for hydroxylation is 1. The zero-order valence-corrected chi connectivity index (χ0v) is 11.7. The van der Waals surface area contributed by atoms with E-state index in [1.807, 2.05) is 12.3 Å². The molecule has 0 spiro atoms. The molecule has 19 heavy (non-hydrogen) atoms. The Bertz CT molecular complexity index is 557. The highest BCUT2D eigenvalue weighted by Crippen LogP contribution is 2.17. The average Bonchev–Trinajstić information content (AvgIpc) is 2.87. The van der Waals surface area contributed by atoms with Gasteiger partial charge in [0.2, 0.25) is 0 Å².